The molecular weight excluding hydrogens is 360 g/mol. The first-order valence-electron chi connectivity index (χ1n) is 9.76. The Morgan fingerprint density at radius 3 is 2.10 bits per heavy atom. The molecule has 3 aromatic carbocycles. The summed E-state index contributed by atoms with van der Waals surface area (Å²) in [5.74, 6) is 2.82. The van der Waals surface area contributed by atoms with Crippen LogP contribution in [0, 0.1) is 13.8 Å². The second kappa shape index (κ2) is 6.31. The zero-order valence-electron chi connectivity index (χ0n) is 17.0. The van der Waals surface area contributed by atoms with Crippen LogP contribution >= 0.6 is 0 Å². The molecule has 4 nitrogen and oxygen atoms in total. The van der Waals surface area contributed by atoms with Gasteiger partial charge in [0.15, 0.2) is 0 Å². The van der Waals surface area contributed by atoms with Crippen molar-refractivity contribution in [2.24, 2.45) is 0 Å². The third kappa shape index (κ3) is 2.92. The average molecular weight is 382 g/mol. The van der Waals surface area contributed by atoms with E-state index in [9.17, 15) is 0 Å². The Morgan fingerprint density at radius 2 is 1.34 bits per heavy atom. The molecule has 1 aliphatic rings. The first-order valence-corrected chi connectivity index (χ1v) is 9.76. The highest BCUT2D eigenvalue weighted by molar-refractivity contribution is 5.65. The maximum Gasteiger partial charge on any atom is 0.248 e. The molecule has 0 bridgehead atoms. The lowest BCUT2D eigenvalue weighted by molar-refractivity contribution is 0.418. The molecule has 2 heterocycles. The lowest BCUT2D eigenvalue weighted by atomic mass is 9.75. The van der Waals surface area contributed by atoms with Gasteiger partial charge in [-0.3, -0.25) is 0 Å². The fraction of sp³-hybridized carbons (Fsp3) is 0.200. The van der Waals surface area contributed by atoms with Crippen molar-refractivity contribution in [3.63, 3.8) is 0 Å². The highest BCUT2D eigenvalue weighted by Gasteiger charge is 2.34. The highest BCUT2D eigenvalue weighted by Crippen LogP contribution is 2.48. The lowest BCUT2D eigenvalue weighted by Crippen LogP contribution is -2.24. The first-order chi connectivity index (χ1) is 13.9. The first kappa shape index (κ1) is 17.7. The SMILES string of the molecule is Cc1cc(C)cc(-c2nnc(-c3ccc4c(c3)C(C)(C)c3ccccc3O4)o2)c1. The van der Waals surface area contributed by atoms with Gasteiger partial charge in [-0.15, -0.1) is 10.2 Å². The number of fused-ring (bicyclic) bond motifs is 2. The van der Waals surface area contributed by atoms with Gasteiger partial charge in [0.05, 0.1) is 0 Å². The Kier molecular flexibility index (Phi) is 3.85. The summed E-state index contributed by atoms with van der Waals surface area (Å²) >= 11 is 0. The van der Waals surface area contributed by atoms with E-state index in [2.05, 4.69) is 68.2 Å². The number of hydrogen-bond acceptors (Lipinski definition) is 4. The van der Waals surface area contributed by atoms with Crippen molar-refractivity contribution in [3.8, 4) is 34.4 Å². The van der Waals surface area contributed by atoms with Crippen LogP contribution in [0.25, 0.3) is 22.9 Å². The maximum atomic E-state index is 6.14. The standard InChI is InChI=1S/C25H22N2O2/c1-15-11-16(2)13-18(12-15)24-27-26-23(29-24)17-9-10-22-20(14-17)25(3,4)19-7-5-6-8-21(19)28-22/h5-14H,1-4H3. The molecule has 144 valence electrons. The molecule has 29 heavy (non-hydrogen) atoms. The zero-order chi connectivity index (χ0) is 20.2. The molecule has 0 atom stereocenters. The van der Waals surface area contributed by atoms with Gasteiger partial charge in [-0.2, -0.15) is 0 Å². The zero-order valence-corrected chi connectivity index (χ0v) is 17.0. The summed E-state index contributed by atoms with van der Waals surface area (Å²) in [4.78, 5) is 0. The van der Waals surface area contributed by atoms with Crippen LogP contribution in [0.5, 0.6) is 11.5 Å². The van der Waals surface area contributed by atoms with Gasteiger partial charge >= 0.3 is 0 Å². The normalized spacial score (nSPS) is 14.1. The van der Waals surface area contributed by atoms with Crippen molar-refractivity contribution in [2.75, 3.05) is 0 Å². The van der Waals surface area contributed by atoms with Crippen LogP contribution in [0.15, 0.2) is 65.1 Å². The molecule has 0 N–H and O–H groups in total. The molecule has 0 saturated heterocycles. The third-order valence-electron chi connectivity index (χ3n) is 5.57. The van der Waals surface area contributed by atoms with Crippen molar-refractivity contribution in [2.45, 2.75) is 33.1 Å². The summed E-state index contributed by atoms with van der Waals surface area (Å²) in [7, 11) is 0. The Labute approximate surface area is 170 Å². The number of aromatic nitrogens is 2. The van der Waals surface area contributed by atoms with Gasteiger partial charge in [0, 0.05) is 27.7 Å². The third-order valence-corrected chi connectivity index (χ3v) is 5.57. The molecular formula is C25H22N2O2. The number of para-hydroxylation sites is 1. The van der Waals surface area contributed by atoms with E-state index < -0.39 is 0 Å². The van der Waals surface area contributed by atoms with Crippen molar-refractivity contribution >= 4 is 0 Å². The fourth-order valence-electron chi connectivity index (χ4n) is 4.13. The number of aryl methyl sites for hydroxylation is 2. The van der Waals surface area contributed by atoms with Crippen LogP contribution in [0.3, 0.4) is 0 Å². The van der Waals surface area contributed by atoms with Crippen LogP contribution in [-0.4, -0.2) is 10.2 Å². The van der Waals surface area contributed by atoms with E-state index in [1.165, 1.54) is 16.7 Å². The lowest BCUT2D eigenvalue weighted by Gasteiger charge is -2.34. The highest BCUT2D eigenvalue weighted by atomic mass is 16.5. The van der Waals surface area contributed by atoms with E-state index in [0.717, 1.165) is 28.2 Å². The van der Waals surface area contributed by atoms with Gasteiger partial charge in [-0.1, -0.05) is 49.2 Å². The minimum Gasteiger partial charge on any atom is -0.457 e. The van der Waals surface area contributed by atoms with Crippen LogP contribution < -0.4 is 4.74 Å². The second-order valence-electron chi connectivity index (χ2n) is 8.22. The van der Waals surface area contributed by atoms with E-state index in [1.54, 1.807) is 0 Å². The van der Waals surface area contributed by atoms with Gasteiger partial charge in [-0.25, -0.2) is 0 Å². The predicted octanol–water partition coefficient (Wildman–Crippen LogP) is 6.45. The van der Waals surface area contributed by atoms with Crippen molar-refractivity contribution in [1.82, 2.24) is 10.2 Å². The Hall–Kier alpha value is -3.40. The van der Waals surface area contributed by atoms with Crippen molar-refractivity contribution in [1.29, 1.82) is 0 Å². The monoisotopic (exact) mass is 382 g/mol. The number of ether oxygens (including phenoxy) is 1. The molecule has 0 amide bonds. The Morgan fingerprint density at radius 1 is 0.690 bits per heavy atom. The van der Waals surface area contributed by atoms with Gasteiger partial charge in [0.2, 0.25) is 11.8 Å². The quantitative estimate of drug-likeness (QED) is 0.399. The summed E-state index contributed by atoms with van der Waals surface area (Å²) in [5.41, 5.74) is 6.28. The molecule has 1 aliphatic heterocycles. The molecule has 4 aromatic rings. The van der Waals surface area contributed by atoms with E-state index in [4.69, 9.17) is 9.15 Å². The number of benzene rings is 3. The predicted molar refractivity (Wildman–Crippen MR) is 113 cm³/mol. The molecule has 1 aromatic heterocycles. The van der Waals surface area contributed by atoms with E-state index in [1.807, 2.05) is 30.3 Å². The summed E-state index contributed by atoms with van der Waals surface area (Å²) in [6, 6.07) is 20.5. The van der Waals surface area contributed by atoms with E-state index in [-0.39, 0.29) is 5.41 Å². The molecule has 0 saturated carbocycles. The van der Waals surface area contributed by atoms with Crippen molar-refractivity contribution in [3.05, 3.63) is 82.9 Å². The minimum absolute atomic E-state index is 0.184. The summed E-state index contributed by atoms with van der Waals surface area (Å²) in [6.07, 6.45) is 0. The van der Waals surface area contributed by atoms with Gasteiger partial charge in [0.1, 0.15) is 11.5 Å². The summed E-state index contributed by atoms with van der Waals surface area (Å²) < 4.78 is 12.2. The summed E-state index contributed by atoms with van der Waals surface area (Å²) in [6.45, 7) is 8.56. The number of hydrogen-bond donors (Lipinski definition) is 0. The average Bonchev–Trinajstić information content (AvgIpc) is 3.18. The Bertz CT molecular complexity index is 1220. The van der Waals surface area contributed by atoms with Gasteiger partial charge in [0.25, 0.3) is 0 Å². The van der Waals surface area contributed by atoms with Crippen molar-refractivity contribution < 1.29 is 9.15 Å². The van der Waals surface area contributed by atoms with E-state index >= 15 is 0 Å². The van der Waals surface area contributed by atoms with Gasteiger partial charge < -0.3 is 9.15 Å². The smallest absolute Gasteiger partial charge is 0.248 e. The number of nitrogens with zero attached hydrogens (tertiary/aromatic N) is 2. The molecule has 5 rings (SSSR count). The van der Waals surface area contributed by atoms with Crippen LogP contribution in [0.1, 0.15) is 36.1 Å². The molecule has 0 spiro atoms. The molecule has 0 fully saturated rings. The maximum absolute atomic E-state index is 6.14. The minimum atomic E-state index is -0.184. The molecule has 0 aliphatic carbocycles. The molecule has 0 radical (unpaired) electrons. The van der Waals surface area contributed by atoms with Gasteiger partial charge in [-0.05, 0) is 50.2 Å². The summed E-state index contributed by atoms with van der Waals surface area (Å²) in [5, 5.41) is 8.59. The number of rotatable bonds is 2. The molecule has 0 unspecified atom stereocenters. The molecule has 4 heteroatoms. The fourth-order valence-corrected chi connectivity index (χ4v) is 4.13. The van der Waals surface area contributed by atoms with Crippen LogP contribution in [-0.2, 0) is 5.41 Å². The van der Waals surface area contributed by atoms with Crippen LogP contribution in [0.2, 0.25) is 0 Å². The second-order valence-corrected chi connectivity index (χ2v) is 8.22. The van der Waals surface area contributed by atoms with Crippen LogP contribution in [0.4, 0.5) is 0 Å². The van der Waals surface area contributed by atoms with E-state index in [0.29, 0.717) is 11.8 Å². The topological polar surface area (TPSA) is 48.2 Å². The Balaban J connectivity index is 1.56. The largest absolute Gasteiger partial charge is 0.457 e.